The minimum Gasteiger partial charge on any atom is -0.491 e. The third-order valence-corrected chi connectivity index (χ3v) is 3.25. The topological polar surface area (TPSA) is 53.3 Å². The largest absolute Gasteiger partial charge is 0.491 e. The normalized spacial score (nSPS) is 10.9. The van der Waals surface area contributed by atoms with Gasteiger partial charge in [-0.2, -0.15) is 5.26 Å². The minimum atomic E-state index is -0.353. The molecule has 0 aliphatic heterocycles. The first-order valence-electron chi connectivity index (χ1n) is 5.86. The lowest BCUT2D eigenvalue weighted by Gasteiger charge is -2.10. The third-order valence-electron chi connectivity index (χ3n) is 2.38. The summed E-state index contributed by atoms with van der Waals surface area (Å²) < 4.78 is 6.07. The highest BCUT2D eigenvalue weighted by Crippen LogP contribution is 2.35. The molecular weight excluding hydrogens is 344 g/mol. The average Bonchev–Trinajstić information content (AvgIpc) is 2.39. The fourth-order valence-electron chi connectivity index (χ4n) is 1.49. The molecule has 0 N–H and O–H groups in total. The Morgan fingerprint density at radius 3 is 2.65 bits per heavy atom. The molecule has 0 fully saturated rings. The van der Waals surface area contributed by atoms with E-state index in [4.69, 9.17) is 21.6 Å². The zero-order valence-electron chi connectivity index (χ0n) is 11.4. The molecule has 1 rings (SSSR count). The first-order chi connectivity index (χ1) is 9.40. The smallest absolute Gasteiger partial charge is 0.264 e. The first-order valence-corrected chi connectivity index (χ1v) is 7.03. The fourth-order valence-corrected chi connectivity index (χ4v) is 2.48. The van der Waals surface area contributed by atoms with Crippen molar-refractivity contribution in [1.82, 2.24) is 4.90 Å². The molecule has 0 atom stereocenters. The molecule has 0 aromatic heterocycles. The lowest BCUT2D eigenvalue weighted by molar-refractivity contribution is -0.124. The van der Waals surface area contributed by atoms with E-state index in [0.717, 1.165) is 0 Å². The molecule has 106 valence electrons. The quantitative estimate of drug-likeness (QED) is 0.612. The Kier molecular flexibility index (Phi) is 6.05. The Labute approximate surface area is 131 Å². The van der Waals surface area contributed by atoms with Gasteiger partial charge in [0.25, 0.3) is 5.91 Å². The molecule has 0 radical (unpaired) electrons. The molecule has 1 aromatic rings. The van der Waals surface area contributed by atoms with Crippen molar-refractivity contribution in [2.24, 2.45) is 0 Å². The van der Waals surface area contributed by atoms with Gasteiger partial charge in [0.1, 0.15) is 11.6 Å². The van der Waals surface area contributed by atoms with Gasteiger partial charge in [0.15, 0.2) is 5.75 Å². The average molecular weight is 358 g/mol. The van der Waals surface area contributed by atoms with Crippen molar-refractivity contribution in [3.8, 4) is 11.8 Å². The maximum absolute atomic E-state index is 11.8. The predicted octanol–water partition coefficient (Wildman–Crippen LogP) is 3.50. The summed E-state index contributed by atoms with van der Waals surface area (Å²) in [6.45, 7) is 2.36. The number of benzene rings is 1. The van der Waals surface area contributed by atoms with Crippen molar-refractivity contribution < 1.29 is 9.53 Å². The number of rotatable bonds is 4. The highest BCUT2D eigenvalue weighted by atomic mass is 79.9. The van der Waals surface area contributed by atoms with Crippen LogP contribution in [0, 0.1) is 11.3 Å². The van der Waals surface area contributed by atoms with E-state index in [0.29, 0.717) is 27.4 Å². The second-order valence-corrected chi connectivity index (χ2v) is 5.38. The number of halogens is 2. The second-order valence-electron chi connectivity index (χ2n) is 4.12. The Morgan fingerprint density at radius 2 is 2.20 bits per heavy atom. The molecule has 0 saturated heterocycles. The summed E-state index contributed by atoms with van der Waals surface area (Å²) in [5.41, 5.74) is 0.694. The summed E-state index contributed by atoms with van der Waals surface area (Å²) in [6.07, 6.45) is 1.49. The van der Waals surface area contributed by atoms with Crippen molar-refractivity contribution >= 4 is 39.5 Å². The molecule has 4 nitrogen and oxygen atoms in total. The van der Waals surface area contributed by atoms with Crippen molar-refractivity contribution in [3.63, 3.8) is 0 Å². The lowest BCUT2D eigenvalue weighted by atomic mass is 10.1. The van der Waals surface area contributed by atoms with Gasteiger partial charge < -0.3 is 9.64 Å². The van der Waals surface area contributed by atoms with Crippen LogP contribution in [0.25, 0.3) is 6.08 Å². The number of nitriles is 1. The fraction of sp³-hybridized carbons (Fsp3) is 0.286. The SMILES string of the molecule is CCOc1c(Cl)cc(/C=C(/C#N)C(=O)N(C)C)cc1Br. The van der Waals surface area contributed by atoms with Crippen LogP contribution in [0.2, 0.25) is 5.02 Å². The van der Waals surface area contributed by atoms with E-state index >= 15 is 0 Å². The number of hydrogen-bond acceptors (Lipinski definition) is 3. The molecule has 0 heterocycles. The van der Waals surface area contributed by atoms with Crippen LogP contribution < -0.4 is 4.74 Å². The molecule has 0 saturated carbocycles. The van der Waals surface area contributed by atoms with Crippen molar-refractivity contribution in [1.29, 1.82) is 5.26 Å². The predicted molar refractivity (Wildman–Crippen MR) is 82.6 cm³/mol. The molecule has 20 heavy (non-hydrogen) atoms. The summed E-state index contributed by atoms with van der Waals surface area (Å²) in [5, 5.41) is 9.47. The molecule has 0 spiro atoms. The maximum Gasteiger partial charge on any atom is 0.264 e. The Hall–Kier alpha value is -1.51. The minimum absolute atomic E-state index is 0.0436. The van der Waals surface area contributed by atoms with Crippen LogP contribution in [-0.4, -0.2) is 31.5 Å². The summed E-state index contributed by atoms with van der Waals surface area (Å²) in [4.78, 5) is 13.1. The lowest BCUT2D eigenvalue weighted by Crippen LogP contribution is -2.22. The van der Waals surface area contributed by atoms with Crippen molar-refractivity contribution in [2.45, 2.75) is 6.92 Å². The van der Waals surface area contributed by atoms with E-state index in [2.05, 4.69) is 15.9 Å². The van der Waals surface area contributed by atoms with E-state index in [1.54, 1.807) is 26.2 Å². The van der Waals surface area contributed by atoms with Crippen LogP contribution in [0.3, 0.4) is 0 Å². The highest BCUT2D eigenvalue weighted by molar-refractivity contribution is 9.10. The number of carbonyl (C=O) groups excluding carboxylic acids is 1. The molecule has 6 heteroatoms. The van der Waals surface area contributed by atoms with Gasteiger partial charge in [0.05, 0.1) is 16.1 Å². The number of hydrogen-bond donors (Lipinski definition) is 0. The van der Waals surface area contributed by atoms with Gasteiger partial charge >= 0.3 is 0 Å². The monoisotopic (exact) mass is 356 g/mol. The van der Waals surface area contributed by atoms with Gasteiger partial charge in [0, 0.05) is 14.1 Å². The summed E-state index contributed by atoms with van der Waals surface area (Å²) in [6, 6.07) is 5.29. The van der Waals surface area contributed by atoms with Crippen LogP contribution >= 0.6 is 27.5 Å². The molecule has 0 unspecified atom stereocenters. The number of carbonyl (C=O) groups is 1. The van der Waals surface area contributed by atoms with Crippen LogP contribution in [0.1, 0.15) is 12.5 Å². The van der Waals surface area contributed by atoms with Gasteiger partial charge in [0.2, 0.25) is 0 Å². The molecular formula is C14H14BrClN2O2. The molecule has 1 amide bonds. The van der Waals surface area contributed by atoms with E-state index in [-0.39, 0.29) is 11.5 Å². The zero-order chi connectivity index (χ0) is 15.3. The van der Waals surface area contributed by atoms with Gasteiger partial charge in [-0.1, -0.05) is 11.6 Å². The Bertz CT molecular complexity index is 568. The van der Waals surface area contributed by atoms with E-state index in [1.807, 2.05) is 13.0 Å². The molecule has 0 bridgehead atoms. The van der Waals surface area contributed by atoms with Gasteiger partial charge in [-0.15, -0.1) is 0 Å². The zero-order valence-corrected chi connectivity index (χ0v) is 13.7. The van der Waals surface area contributed by atoms with Crippen LogP contribution in [-0.2, 0) is 4.79 Å². The number of likely N-dealkylation sites (N-methyl/N-ethyl adjacent to an activating group) is 1. The molecule has 0 aliphatic rings. The molecule has 1 aromatic carbocycles. The Morgan fingerprint density at radius 1 is 1.55 bits per heavy atom. The highest BCUT2D eigenvalue weighted by Gasteiger charge is 2.13. The first kappa shape index (κ1) is 16.5. The van der Waals surface area contributed by atoms with E-state index < -0.39 is 0 Å². The summed E-state index contributed by atoms with van der Waals surface area (Å²) in [7, 11) is 3.18. The van der Waals surface area contributed by atoms with Crippen molar-refractivity contribution in [2.75, 3.05) is 20.7 Å². The van der Waals surface area contributed by atoms with Gasteiger partial charge in [-0.05, 0) is 46.6 Å². The van der Waals surface area contributed by atoms with Gasteiger partial charge in [-0.25, -0.2) is 0 Å². The van der Waals surface area contributed by atoms with E-state index in [9.17, 15) is 4.79 Å². The number of nitrogens with zero attached hydrogens (tertiary/aromatic N) is 2. The summed E-state index contributed by atoms with van der Waals surface area (Å²) >= 11 is 9.48. The third kappa shape index (κ3) is 3.99. The number of amides is 1. The van der Waals surface area contributed by atoms with Gasteiger partial charge in [-0.3, -0.25) is 4.79 Å². The van der Waals surface area contributed by atoms with Crippen molar-refractivity contribution in [3.05, 3.63) is 32.8 Å². The Balaban J connectivity index is 3.22. The maximum atomic E-state index is 11.8. The van der Waals surface area contributed by atoms with Crippen LogP contribution in [0.4, 0.5) is 0 Å². The standard InChI is InChI=1S/C14H14BrClN2O2/c1-4-20-13-11(15)6-9(7-12(13)16)5-10(8-17)14(19)18(2)3/h5-7H,4H2,1-3H3/b10-5-. The molecule has 0 aliphatic carbocycles. The second kappa shape index (κ2) is 7.32. The number of ether oxygens (including phenoxy) is 1. The van der Waals surface area contributed by atoms with E-state index in [1.165, 1.54) is 11.0 Å². The summed E-state index contributed by atoms with van der Waals surface area (Å²) in [5.74, 6) is 0.192. The van der Waals surface area contributed by atoms with Crippen LogP contribution in [0.5, 0.6) is 5.75 Å². The van der Waals surface area contributed by atoms with Crippen LogP contribution in [0.15, 0.2) is 22.2 Å².